The van der Waals surface area contributed by atoms with Crippen molar-refractivity contribution in [1.29, 1.82) is 0 Å². The highest BCUT2D eigenvalue weighted by atomic mass is 35.5. The molecule has 10 heteroatoms. The van der Waals surface area contributed by atoms with Crippen LogP contribution in [0.2, 0.25) is 5.02 Å². The van der Waals surface area contributed by atoms with Crippen molar-refractivity contribution in [3.05, 3.63) is 71.1 Å². The van der Waals surface area contributed by atoms with Crippen LogP contribution in [0.4, 0.5) is 0 Å². The van der Waals surface area contributed by atoms with Gasteiger partial charge in [-0.2, -0.15) is 5.10 Å². The molecule has 27 heavy (non-hydrogen) atoms. The topological polar surface area (TPSA) is 103 Å². The zero-order chi connectivity index (χ0) is 19.4. The van der Waals surface area contributed by atoms with Crippen molar-refractivity contribution < 1.29 is 17.9 Å². The van der Waals surface area contributed by atoms with Crippen molar-refractivity contribution in [2.24, 2.45) is 0 Å². The molecule has 0 saturated carbocycles. The van der Waals surface area contributed by atoms with E-state index in [-0.39, 0.29) is 22.0 Å². The van der Waals surface area contributed by atoms with Gasteiger partial charge in [0.05, 0.1) is 17.7 Å². The van der Waals surface area contributed by atoms with E-state index in [0.29, 0.717) is 11.4 Å². The number of hydrogen-bond donors (Lipinski definition) is 1. The summed E-state index contributed by atoms with van der Waals surface area (Å²) in [4.78, 5) is 15.6. The summed E-state index contributed by atoms with van der Waals surface area (Å²) in [6, 6.07) is 9.03. The minimum absolute atomic E-state index is 0.0359. The van der Waals surface area contributed by atoms with Crippen molar-refractivity contribution in [3.63, 3.8) is 0 Å². The minimum Gasteiger partial charge on any atom is -0.465 e. The maximum Gasteiger partial charge on any atom is 0.337 e. The predicted molar refractivity (Wildman–Crippen MR) is 98.2 cm³/mol. The summed E-state index contributed by atoms with van der Waals surface area (Å²) in [5.41, 5.74) is 0.862. The van der Waals surface area contributed by atoms with Gasteiger partial charge in [-0.25, -0.2) is 27.6 Å². The predicted octanol–water partition coefficient (Wildman–Crippen LogP) is 2.19. The lowest BCUT2D eigenvalue weighted by Gasteiger charge is -2.10. The molecule has 0 fully saturated rings. The number of sulfonamides is 1. The molecule has 140 valence electrons. The normalized spacial score (nSPS) is 11.3. The van der Waals surface area contributed by atoms with E-state index >= 15 is 0 Å². The molecule has 0 aliphatic heterocycles. The largest absolute Gasteiger partial charge is 0.465 e. The number of aromatic nitrogens is 3. The maximum absolute atomic E-state index is 12.5. The number of halogens is 1. The third kappa shape index (κ3) is 4.33. The van der Waals surface area contributed by atoms with Crippen molar-refractivity contribution in [2.45, 2.75) is 11.4 Å². The van der Waals surface area contributed by atoms with E-state index in [4.69, 9.17) is 11.6 Å². The van der Waals surface area contributed by atoms with E-state index < -0.39 is 16.0 Å². The smallest absolute Gasteiger partial charge is 0.337 e. The molecule has 1 aromatic carbocycles. The van der Waals surface area contributed by atoms with Gasteiger partial charge in [-0.05, 0) is 42.0 Å². The van der Waals surface area contributed by atoms with Crippen LogP contribution in [-0.2, 0) is 21.3 Å². The van der Waals surface area contributed by atoms with Gasteiger partial charge in [0, 0.05) is 25.1 Å². The van der Waals surface area contributed by atoms with E-state index in [1.807, 2.05) is 0 Å². The summed E-state index contributed by atoms with van der Waals surface area (Å²) < 4.78 is 33.7. The first kappa shape index (κ1) is 19.0. The number of pyridine rings is 1. The molecular formula is C17H15ClN4O4S. The van der Waals surface area contributed by atoms with Gasteiger partial charge in [0.2, 0.25) is 10.0 Å². The van der Waals surface area contributed by atoms with Crippen molar-refractivity contribution in [3.8, 4) is 5.82 Å². The van der Waals surface area contributed by atoms with Gasteiger partial charge < -0.3 is 4.74 Å². The molecule has 0 atom stereocenters. The van der Waals surface area contributed by atoms with Crippen molar-refractivity contribution >= 4 is 27.6 Å². The van der Waals surface area contributed by atoms with Gasteiger partial charge in [0.25, 0.3) is 0 Å². The quantitative estimate of drug-likeness (QED) is 0.629. The Bertz CT molecular complexity index is 1070. The van der Waals surface area contributed by atoms with Gasteiger partial charge in [0.15, 0.2) is 5.82 Å². The highest BCUT2D eigenvalue weighted by molar-refractivity contribution is 7.89. The Morgan fingerprint density at radius 2 is 2.07 bits per heavy atom. The molecule has 0 aliphatic carbocycles. The fourth-order valence-electron chi connectivity index (χ4n) is 2.32. The van der Waals surface area contributed by atoms with Gasteiger partial charge >= 0.3 is 5.97 Å². The lowest BCUT2D eigenvalue weighted by atomic mass is 10.2. The zero-order valence-electron chi connectivity index (χ0n) is 14.2. The SMILES string of the molecule is COC(=O)c1ccc(S(=O)(=O)NCc2ccnc(-n3cccn3)c2)c(Cl)c1. The number of benzene rings is 1. The van der Waals surface area contributed by atoms with Crippen molar-refractivity contribution in [2.75, 3.05) is 7.11 Å². The number of esters is 1. The molecule has 8 nitrogen and oxygen atoms in total. The fourth-order valence-corrected chi connectivity index (χ4v) is 3.88. The molecular weight excluding hydrogens is 392 g/mol. The number of ether oxygens (including phenoxy) is 1. The van der Waals surface area contributed by atoms with Crippen LogP contribution in [-0.4, -0.2) is 36.3 Å². The Morgan fingerprint density at radius 1 is 1.26 bits per heavy atom. The van der Waals surface area contributed by atoms with Crippen molar-refractivity contribution in [1.82, 2.24) is 19.5 Å². The second-order valence-electron chi connectivity index (χ2n) is 5.43. The highest BCUT2D eigenvalue weighted by Crippen LogP contribution is 2.23. The van der Waals surface area contributed by atoms with Crippen LogP contribution in [0.3, 0.4) is 0 Å². The molecule has 0 saturated heterocycles. The van der Waals surface area contributed by atoms with Gasteiger partial charge in [-0.1, -0.05) is 11.6 Å². The fraction of sp³-hybridized carbons (Fsp3) is 0.118. The average Bonchev–Trinajstić information content (AvgIpc) is 3.20. The monoisotopic (exact) mass is 406 g/mol. The number of hydrogen-bond acceptors (Lipinski definition) is 6. The van der Waals surface area contributed by atoms with Crippen LogP contribution in [0, 0.1) is 0 Å². The number of nitrogens with zero attached hydrogens (tertiary/aromatic N) is 3. The summed E-state index contributed by atoms with van der Waals surface area (Å²) in [5.74, 6) is -0.0334. The van der Waals surface area contributed by atoms with Crippen LogP contribution >= 0.6 is 11.6 Å². The summed E-state index contributed by atoms with van der Waals surface area (Å²) in [5, 5.41) is 4.01. The van der Waals surface area contributed by atoms with Gasteiger partial charge in [-0.15, -0.1) is 0 Å². The first-order valence-corrected chi connectivity index (χ1v) is 9.59. The molecule has 3 rings (SSSR count). The zero-order valence-corrected chi connectivity index (χ0v) is 15.7. The molecule has 0 aliphatic rings. The maximum atomic E-state index is 12.5. The molecule has 1 N–H and O–H groups in total. The Balaban J connectivity index is 1.78. The number of rotatable bonds is 6. The van der Waals surface area contributed by atoms with Crippen LogP contribution in [0.25, 0.3) is 5.82 Å². The Morgan fingerprint density at radius 3 is 2.74 bits per heavy atom. The second-order valence-corrected chi connectivity index (χ2v) is 7.58. The second kappa shape index (κ2) is 7.87. The van der Waals surface area contributed by atoms with Gasteiger partial charge in [0.1, 0.15) is 4.90 Å². The number of nitrogens with one attached hydrogen (secondary N) is 1. The molecule has 0 bridgehead atoms. The standard InChI is InChI=1S/C17H15ClN4O4S/c1-26-17(23)13-3-4-15(14(18)10-13)27(24,25)21-11-12-5-7-19-16(9-12)22-8-2-6-20-22/h2-10,21H,11H2,1H3. The summed E-state index contributed by atoms with van der Waals surface area (Å²) in [6.45, 7) is 0.0359. The molecule has 2 heterocycles. The minimum atomic E-state index is -3.88. The van der Waals surface area contributed by atoms with Crippen LogP contribution < -0.4 is 4.72 Å². The third-order valence-electron chi connectivity index (χ3n) is 3.66. The lowest BCUT2D eigenvalue weighted by molar-refractivity contribution is 0.0600. The van der Waals surface area contributed by atoms with E-state index in [1.54, 1.807) is 41.5 Å². The Kier molecular flexibility index (Phi) is 5.54. The molecule has 0 amide bonds. The summed E-state index contributed by atoms with van der Waals surface area (Å²) in [6.07, 6.45) is 4.93. The highest BCUT2D eigenvalue weighted by Gasteiger charge is 2.19. The molecule has 0 unspecified atom stereocenters. The Hall–Kier alpha value is -2.75. The van der Waals surface area contributed by atoms with Gasteiger partial charge in [-0.3, -0.25) is 0 Å². The summed E-state index contributed by atoms with van der Waals surface area (Å²) >= 11 is 6.04. The van der Waals surface area contributed by atoms with Crippen LogP contribution in [0.1, 0.15) is 15.9 Å². The number of methoxy groups -OCH3 is 1. The van der Waals surface area contributed by atoms with E-state index in [9.17, 15) is 13.2 Å². The lowest BCUT2D eigenvalue weighted by Crippen LogP contribution is -2.24. The average molecular weight is 407 g/mol. The molecule has 0 radical (unpaired) electrons. The molecule has 2 aromatic heterocycles. The Labute approximate surface area is 160 Å². The molecule has 0 spiro atoms. The van der Waals surface area contributed by atoms with E-state index in [1.165, 1.54) is 25.3 Å². The number of carbonyl (C=O) groups excluding carboxylic acids is 1. The summed E-state index contributed by atoms with van der Waals surface area (Å²) in [7, 11) is -2.65. The van der Waals surface area contributed by atoms with E-state index in [2.05, 4.69) is 19.5 Å². The van der Waals surface area contributed by atoms with Crippen LogP contribution in [0.15, 0.2) is 59.9 Å². The first-order valence-electron chi connectivity index (χ1n) is 7.73. The third-order valence-corrected chi connectivity index (χ3v) is 5.54. The van der Waals surface area contributed by atoms with Crippen LogP contribution in [0.5, 0.6) is 0 Å². The van der Waals surface area contributed by atoms with E-state index in [0.717, 1.165) is 0 Å². The first-order chi connectivity index (χ1) is 12.9. The number of carbonyl (C=O) groups is 1. The molecule has 3 aromatic rings.